The third-order valence-electron chi connectivity index (χ3n) is 1.71. The molecule has 1 aliphatic rings. The summed E-state index contributed by atoms with van der Waals surface area (Å²) in [5.41, 5.74) is 4.73. The molecule has 0 aliphatic carbocycles. The van der Waals surface area contributed by atoms with E-state index in [9.17, 15) is 4.79 Å². The third-order valence-corrected chi connectivity index (χ3v) is 1.71. The van der Waals surface area contributed by atoms with Crippen LogP contribution in [0.25, 0.3) is 0 Å². The van der Waals surface area contributed by atoms with Crippen molar-refractivity contribution in [2.75, 3.05) is 13.2 Å². The van der Waals surface area contributed by atoms with E-state index in [-0.39, 0.29) is 5.54 Å². The van der Waals surface area contributed by atoms with E-state index in [0.717, 1.165) is 0 Å². The van der Waals surface area contributed by atoms with E-state index in [1.54, 1.807) is 0 Å². The largest absolute Gasteiger partial charge is 0.443 e. The monoisotopic (exact) mass is 202 g/mol. The van der Waals surface area contributed by atoms with Gasteiger partial charge < -0.3 is 9.47 Å². The molecule has 0 aromatic rings. The first-order chi connectivity index (χ1) is 6.31. The number of carbonyl (C=O) groups excluding carboxylic acids is 1. The molecule has 1 rings (SSSR count). The quantitative estimate of drug-likeness (QED) is 0.650. The fourth-order valence-corrected chi connectivity index (χ4v) is 0.986. The Morgan fingerprint density at radius 3 is 2.36 bits per heavy atom. The number of ether oxygens (including phenoxy) is 2. The zero-order chi connectivity index (χ0) is 10.8. The Hall–Kier alpha value is -0.810. The Kier molecular flexibility index (Phi) is 3.01. The molecule has 0 unspecified atom stereocenters. The van der Waals surface area contributed by atoms with Gasteiger partial charge in [-0.1, -0.05) is 0 Å². The van der Waals surface area contributed by atoms with Gasteiger partial charge in [-0.15, -0.1) is 0 Å². The Morgan fingerprint density at radius 1 is 1.43 bits per heavy atom. The molecule has 1 aliphatic heterocycles. The lowest BCUT2D eigenvalue weighted by Gasteiger charge is -2.38. The van der Waals surface area contributed by atoms with Crippen molar-refractivity contribution in [2.45, 2.75) is 38.8 Å². The van der Waals surface area contributed by atoms with Gasteiger partial charge in [-0.3, -0.25) is 5.43 Å². The van der Waals surface area contributed by atoms with E-state index in [4.69, 9.17) is 9.47 Å². The van der Waals surface area contributed by atoms with E-state index in [1.165, 1.54) is 0 Å². The van der Waals surface area contributed by atoms with Gasteiger partial charge in [0, 0.05) is 0 Å². The van der Waals surface area contributed by atoms with Gasteiger partial charge in [0.2, 0.25) is 0 Å². The van der Waals surface area contributed by atoms with Crippen LogP contribution >= 0.6 is 0 Å². The maximum absolute atomic E-state index is 11.2. The van der Waals surface area contributed by atoms with Gasteiger partial charge >= 0.3 is 6.09 Å². The number of hydrogen-bond donors (Lipinski definition) is 2. The number of nitrogens with one attached hydrogen (secondary N) is 2. The number of hydrogen-bond acceptors (Lipinski definition) is 4. The fraction of sp³-hybridized carbons (Fsp3) is 0.889. The van der Waals surface area contributed by atoms with Crippen LogP contribution in [-0.2, 0) is 9.47 Å². The molecule has 0 saturated carbocycles. The predicted octanol–water partition coefficient (Wildman–Crippen LogP) is 0.805. The van der Waals surface area contributed by atoms with Crippen molar-refractivity contribution in [3.63, 3.8) is 0 Å². The van der Waals surface area contributed by atoms with Crippen molar-refractivity contribution < 1.29 is 14.3 Å². The first kappa shape index (κ1) is 11.3. The maximum atomic E-state index is 11.2. The van der Waals surface area contributed by atoms with Gasteiger partial charge in [-0.2, -0.15) is 0 Å². The van der Waals surface area contributed by atoms with Crippen molar-refractivity contribution in [3.8, 4) is 0 Å². The van der Waals surface area contributed by atoms with Crippen LogP contribution in [-0.4, -0.2) is 30.4 Å². The normalized spacial score (nSPS) is 19.7. The predicted molar refractivity (Wildman–Crippen MR) is 51.7 cm³/mol. The Bertz CT molecular complexity index is 219. The van der Waals surface area contributed by atoms with Gasteiger partial charge in [-0.25, -0.2) is 10.2 Å². The first-order valence-corrected chi connectivity index (χ1v) is 4.65. The van der Waals surface area contributed by atoms with Crippen molar-refractivity contribution in [3.05, 3.63) is 0 Å². The minimum Gasteiger partial charge on any atom is -0.443 e. The summed E-state index contributed by atoms with van der Waals surface area (Å²) in [6, 6.07) is 0. The summed E-state index contributed by atoms with van der Waals surface area (Å²) in [6.07, 6.45) is -0.467. The lowest BCUT2D eigenvalue weighted by atomic mass is 10.0. The first-order valence-electron chi connectivity index (χ1n) is 4.65. The zero-order valence-electron chi connectivity index (χ0n) is 9.14. The van der Waals surface area contributed by atoms with Gasteiger partial charge in [0.1, 0.15) is 5.60 Å². The van der Waals surface area contributed by atoms with Crippen LogP contribution in [0.2, 0.25) is 0 Å². The number of carbonyl (C=O) groups is 1. The minimum atomic E-state index is -0.469. The molecule has 1 heterocycles. The van der Waals surface area contributed by atoms with E-state index in [0.29, 0.717) is 13.2 Å². The molecule has 82 valence electrons. The van der Waals surface area contributed by atoms with Crippen molar-refractivity contribution >= 4 is 6.09 Å². The molecule has 0 atom stereocenters. The van der Waals surface area contributed by atoms with E-state index in [1.807, 2.05) is 27.7 Å². The van der Waals surface area contributed by atoms with Crippen molar-refractivity contribution in [1.29, 1.82) is 0 Å². The maximum Gasteiger partial charge on any atom is 0.422 e. The molecular formula is C9H18N2O3. The highest BCUT2D eigenvalue weighted by Gasteiger charge is 2.33. The summed E-state index contributed by atoms with van der Waals surface area (Å²) >= 11 is 0. The molecule has 2 N–H and O–H groups in total. The van der Waals surface area contributed by atoms with E-state index in [2.05, 4.69) is 10.9 Å². The van der Waals surface area contributed by atoms with E-state index < -0.39 is 11.7 Å². The summed E-state index contributed by atoms with van der Waals surface area (Å²) in [5.74, 6) is 0. The molecule has 14 heavy (non-hydrogen) atoms. The van der Waals surface area contributed by atoms with Crippen molar-refractivity contribution in [2.24, 2.45) is 0 Å². The third kappa shape index (κ3) is 3.51. The van der Waals surface area contributed by atoms with Crippen LogP contribution in [0.3, 0.4) is 0 Å². The van der Waals surface area contributed by atoms with Gasteiger partial charge in [0.05, 0.1) is 18.8 Å². The summed E-state index contributed by atoms with van der Waals surface area (Å²) in [6.45, 7) is 8.63. The molecule has 0 aromatic carbocycles. The molecule has 5 heteroatoms. The molecule has 1 amide bonds. The van der Waals surface area contributed by atoms with E-state index >= 15 is 0 Å². The highest BCUT2D eigenvalue weighted by atomic mass is 16.6. The second-order valence-electron chi connectivity index (χ2n) is 4.81. The van der Waals surface area contributed by atoms with Crippen LogP contribution in [0.5, 0.6) is 0 Å². The molecular weight excluding hydrogens is 184 g/mol. The Balaban J connectivity index is 2.21. The summed E-state index contributed by atoms with van der Waals surface area (Å²) in [5, 5.41) is 0. The lowest BCUT2D eigenvalue weighted by molar-refractivity contribution is -0.0715. The number of rotatable bonds is 2. The van der Waals surface area contributed by atoms with Gasteiger partial charge in [-0.05, 0) is 27.7 Å². The minimum absolute atomic E-state index is 0.156. The second-order valence-corrected chi connectivity index (χ2v) is 4.81. The topological polar surface area (TPSA) is 59.6 Å². The second kappa shape index (κ2) is 3.74. The summed E-state index contributed by atoms with van der Waals surface area (Å²) in [4.78, 5) is 11.2. The molecule has 1 fully saturated rings. The smallest absolute Gasteiger partial charge is 0.422 e. The van der Waals surface area contributed by atoms with Crippen molar-refractivity contribution in [1.82, 2.24) is 10.9 Å². The lowest BCUT2D eigenvalue weighted by Crippen LogP contribution is -2.63. The molecule has 1 saturated heterocycles. The molecule has 0 spiro atoms. The molecule has 5 nitrogen and oxygen atoms in total. The standard InChI is InChI=1S/C9H18N2O3/c1-8(2,3)14-7(12)10-11-9(4)5-13-6-9/h11H,5-6H2,1-4H3,(H,10,12). The fourth-order valence-electron chi connectivity index (χ4n) is 0.986. The highest BCUT2D eigenvalue weighted by Crippen LogP contribution is 2.14. The molecule has 0 radical (unpaired) electrons. The zero-order valence-corrected chi connectivity index (χ0v) is 9.14. The molecule has 0 bridgehead atoms. The van der Waals surface area contributed by atoms with Crippen LogP contribution in [0.15, 0.2) is 0 Å². The SMILES string of the molecule is CC1(NNC(=O)OC(C)(C)C)COC1. The average molecular weight is 202 g/mol. The van der Waals surface area contributed by atoms with Crippen LogP contribution < -0.4 is 10.9 Å². The van der Waals surface area contributed by atoms with Crippen LogP contribution in [0.1, 0.15) is 27.7 Å². The summed E-state index contributed by atoms with van der Waals surface area (Å²) < 4.78 is 10.1. The number of hydrazine groups is 1. The van der Waals surface area contributed by atoms with Crippen LogP contribution in [0, 0.1) is 0 Å². The number of amides is 1. The Morgan fingerprint density at radius 2 is 2.00 bits per heavy atom. The van der Waals surface area contributed by atoms with Gasteiger partial charge in [0.25, 0.3) is 0 Å². The Labute approximate surface area is 84.1 Å². The highest BCUT2D eigenvalue weighted by molar-refractivity contribution is 5.67. The van der Waals surface area contributed by atoms with Crippen LogP contribution in [0.4, 0.5) is 4.79 Å². The molecule has 0 aromatic heterocycles. The summed E-state index contributed by atoms with van der Waals surface area (Å²) in [7, 11) is 0. The average Bonchev–Trinajstić information content (AvgIpc) is 1.94. The van der Waals surface area contributed by atoms with Gasteiger partial charge in [0.15, 0.2) is 0 Å².